The van der Waals surface area contributed by atoms with Gasteiger partial charge in [0.2, 0.25) is 0 Å². The lowest BCUT2D eigenvalue weighted by molar-refractivity contribution is 0.0939. The SMILES string of the molecule is CNCCc1ccccc1C(=O)NC(C)Cc1ccsc1. The zero-order valence-corrected chi connectivity index (χ0v) is 13.4. The van der Waals surface area contributed by atoms with E-state index in [0.29, 0.717) is 0 Å². The van der Waals surface area contributed by atoms with Crippen molar-refractivity contribution in [3.05, 3.63) is 57.8 Å². The van der Waals surface area contributed by atoms with E-state index < -0.39 is 0 Å². The molecular formula is C17H22N2OS. The van der Waals surface area contributed by atoms with Gasteiger partial charge in [0.05, 0.1) is 0 Å². The molecule has 2 aromatic rings. The molecule has 1 unspecified atom stereocenters. The average Bonchev–Trinajstić information content (AvgIpc) is 2.98. The van der Waals surface area contributed by atoms with E-state index in [1.165, 1.54) is 5.56 Å². The lowest BCUT2D eigenvalue weighted by Gasteiger charge is -2.15. The van der Waals surface area contributed by atoms with Crippen LogP contribution in [0.4, 0.5) is 0 Å². The molecule has 4 heteroatoms. The standard InChI is InChI=1S/C17H22N2OS/c1-13(11-14-8-10-21-12-14)19-17(20)16-6-4-3-5-15(16)7-9-18-2/h3-6,8,10,12-13,18H,7,9,11H2,1-2H3,(H,19,20). The lowest BCUT2D eigenvalue weighted by atomic mass is 10.0. The number of likely N-dealkylation sites (N-methyl/N-ethyl adjacent to an activating group) is 1. The molecule has 3 nitrogen and oxygen atoms in total. The molecule has 2 rings (SSSR count). The average molecular weight is 302 g/mol. The van der Waals surface area contributed by atoms with Crippen LogP contribution < -0.4 is 10.6 Å². The number of carbonyl (C=O) groups is 1. The molecule has 0 radical (unpaired) electrons. The molecule has 2 N–H and O–H groups in total. The first-order chi connectivity index (χ1) is 10.2. The van der Waals surface area contributed by atoms with Crippen LogP contribution in [0.5, 0.6) is 0 Å². The van der Waals surface area contributed by atoms with Crippen LogP contribution in [0.1, 0.15) is 28.4 Å². The van der Waals surface area contributed by atoms with Crippen molar-refractivity contribution in [3.63, 3.8) is 0 Å². The molecular weight excluding hydrogens is 280 g/mol. The predicted octanol–water partition coefficient (Wildman–Crippen LogP) is 2.87. The maximum Gasteiger partial charge on any atom is 0.251 e. The monoisotopic (exact) mass is 302 g/mol. The normalized spacial score (nSPS) is 12.1. The van der Waals surface area contributed by atoms with E-state index in [1.54, 1.807) is 11.3 Å². The Labute approximate surface area is 130 Å². The number of benzene rings is 1. The summed E-state index contributed by atoms with van der Waals surface area (Å²) in [6, 6.07) is 10.1. The van der Waals surface area contributed by atoms with Gasteiger partial charge in [0.15, 0.2) is 0 Å². The first-order valence-corrected chi connectivity index (χ1v) is 8.19. The zero-order valence-electron chi connectivity index (χ0n) is 12.6. The molecule has 0 aliphatic heterocycles. The van der Waals surface area contributed by atoms with Crippen molar-refractivity contribution in [3.8, 4) is 0 Å². The summed E-state index contributed by atoms with van der Waals surface area (Å²) in [7, 11) is 1.92. The summed E-state index contributed by atoms with van der Waals surface area (Å²) in [6.45, 7) is 2.92. The molecule has 0 bridgehead atoms. The minimum Gasteiger partial charge on any atom is -0.349 e. The van der Waals surface area contributed by atoms with Gasteiger partial charge in [0, 0.05) is 11.6 Å². The van der Waals surface area contributed by atoms with Crippen molar-refractivity contribution in [2.24, 2.45) is 0 Å². The van der Waals surface area contributed by atoms with Crippen molar-refractivity contribution < 1.29 is 4.79 Å². The van der Waals surface area contributed by atoms with E-state index in [-0.39, 0.29) is 11.9 Å². The third-order valence-corrected chi connectivity index (χ3v) is 4.14. The van der Waals surface area contributed by atoms with Gasteiger partial charge in [-0.2, -0.15) is 11.3 Å². The predicted molar refractivity (Wildman–Crippen MR) is 89.0 cm³/mol. The fourth-order valence-electron chi connectivity index (χ4n) is 2.33. The van der Waals surface area contributed by atoms with E-state index in [0.717, 1.165) is 30.5 Å². The van der Waals surface area contributed by atoms with Crippen LogP contribution in [0.3, 0.4) is 0 Å². The molecule has 0 saturated heterocycles. The van der Waals surface area contributed by atoms with Crippen molar-refractivity contribution in [2.45, 2.75) is 25.8 Å². The summed E-state index contributed by atoms with van der Waals surface area (Å²) < 4.78 is 0. The quantitative estimate of drug-likeness (QED) is 0.826. The number of amides is 1. The van der Waals surface area contributed by atoms with Crippen LogP contribution >= 0.6 is 11.3 Å². The minimum absolute atomic E-state index is 0.0180. The number of hydrogen-bond donors (Lipinski definition) is 2. The maximum atomic E-state index is 12.4. The van der Waals surface area contributed by atoms with Gasteiger partial charge in [0.1, 0.15) is 0 Å². The molecule has 1 amide bonds. The molecule has 0 saturated carbocycles. The molecule has 1 heterocycles. The second-order valence-corrected chi connectivity index (χ2v) is 6.00. The van der Waals surface area contributed by atoms with Crippen LogP contribution in [0, 0.1) is 0 Å². The van der Waals surface area contributed by atoms with Crippen LogP contribution in [0.25, 0.3) is 0 Å². The molecule has 1 aromatic carbocycles. The molecule has 0 spiro atoms. The maximum absolute atomic E-state index is 12.4. The Balaban J connectivity index is 1.99. The Morgan fingerprint density at radius 2 is 2.10 bits per heavy atom. The Morgan fingerprint density at radius 3 is 2.81 bits per heavy atom. The minimum atomic E-state index is 0.0180. The van der Waals surface area contributed by atoms with Gasteiger partial charge in [-0.25, -0.2) is 0 Å². The van der Waals surface area contributed by atoms with Crippen molar-refractivity contribution >= 4 is 17.2 Å². The highest BCUT2D eigenvalue weighted by atomic mass is 32.1. The smallest absolute Gasteiger partial charge is 0.251 e. The lowest BCUT2D eigenvalue weighted by Crippen LogP contribution is -2.34. The number of hydrogen-bond acceptors (Lipinski definition) is 3. The molecule has 0 aliphatic rings. The van der Waals surface area contributed by atoms with Crippen molar-refractivity contribution in [1.29, 1.82) is 0 Å². The van der Waals surface area contributed by atoms with E-state index in [2.05, 4.69) is 27.5 Å². The van der Waals surface area contributed by atoms with Crippen LogP contribution in [-0.4, -0.2) is 25.5 Å². The van der Waals surface area contributed by atoms with Gasteiger partial charge in [-0.3, -0.25) is 4.79 Å². The molecule has 112 valence electrons. The van der Waals surface area contributed by atoms with E-state index in [9.17, 15) is 4.79 Å². The third-order valence-electron chi connectivity index (χ3n) is 3.41. The van der Waals surface area contributed by atoms with Crippen LogP contribution in [-0.2, 0) is 12.8 Å². The van der Waals surface area contributed by atoms with Crippen molar-refractivity contribution in [2.75, 3.05) is 13.6 Å². The summed E-state index contributed by atoms with van der Waals surface area (Å²) in [5.74, 6) is 0.0180. The first-order valence-electron chi connectivity index (χ1n) is 7.25. The molecule has 0 fully saturated rings. The van der Waals surface area contributed by atoms with Crippen LogP contribution in [0.2, 0.25) is 0 Å². The zero-order chi connectivity index (χ0) is 15.1. The first kappa shape index (κ1) is 15.7. The fourth-order valence-corrected chi connectivity index (χ4v) is 3.02. The highest BCUT2D eigenvalue weighted by molar-refractivity contribution is 7.07. The van der Waals surface area contributed by atoms with Gasteiger partial charge >= 0.3 is 0 Å². The summed E-state index contributed by atoms with van der Waals surface area (Å²) in [5.41, 5.74) is 3.15. The largest absolute Gasteiger partial charge is 0.349 e. The molecule has 0 aliphatic carbocycles. The number of thiophene rings is 1. The Hall–Kier alpha value is -1.65. The number of carbonyl (C=O) groups excluding carboxylic acids is 1. The molecule has 1 aromatic heterocycles. The van der Waals surface area contributed by atoms with Gasteiger partial charge in [-0.15, -0.1) is 0 Å². The summed E-state index contributed by atoms with van der Waals surface area (Å²) in [6.07, 6.45) is 1.73. The number of nitrogens with one attached hydrogen (secondary N) is 2. The third kappa shape index (κ3) is 4.69. The van der Waals surface area contributed by atoms with E-state index in [4.69, 9.17) is 0 Å². The summed E-state index contributed by atoms with van der Waals surface area (Å²) >= 11 is 1.69. The van der Waals surface area contributed by atoms with Gasteiger partial charge in [0.25, 0.3) is 5.91 Å². The van der Waals surface area contributed by atoms with E-state index in [1.807, 2.05) is 38.2 Å². The Kier molecular flexibility index (Phi) is 5.96. The second-order valence-electron chi connectivity index (χ2n) is 5.22. The molecule has 1 atom stereocenters. The van der Waals surface area contributed by atoms with Gasteiger partial charge in [-0.05, 0) is 67.4 Å². The number of rotatable bonds is 7. The highest BCUT2D eigenvalue weighted by Gasteiger charge is 2.13. The Morgan fingerprint density at radius 1 is 1.29 bits per heavy atom. The van der Waals surface area contributed by atoms with Crippen LogP contribution in [0.15, 0.2) is 41.1 Å². The molecule has 21 heavy (non-hydrogen) atoms. The topological polar surface area (TPSA) is 41.1 Å². The summed E-state index contributed by atoms with van der Waals surface area (Å²) in [4.78, 5) is 12.4. The van der Waals surface area contributed by atoms with E-state index >= 15 is 0 Å². The Bertz CT molecular complexity index is 566. The highest BCUT2D eigenvalue weighted by Crippen LogP contribution is 2.12. The van der Waals surface area contributed by atoms with Crippen molar-refractivity contribution in [1.82, 2.24) is 10.6 Å². The van der Waals surface area contributed by atoms with Gasteiger partial charge in [-0.1, -0.05) is 18.2 Å². The fraction of sp³-hybridized carbons (Fsp3) is 0.353. The van der Waals surface area contributed by atoms with Gasteiger partial charge < -0.3 is 10.6 Å². The second kappa shape index (κ2) is 7.96. The summed E-state index contributed by atoms with van der Waals surface area (Å²) in [5, 5.41) is 10.4.